The number of nitriles is 1. The molecule has 0 bridgehead atoms. The number of hydrogen-bond acceptors (Lipinski definition) is 5. The van der Waals surface area contributed by atoms with Gasteiger partial charge in [0.1, 0.15) is 11.9 Å². The Kier molecular flexibility index (Phi) is 4.00. The number of carbonyl (C=O) groups is 1. The largest absolute Gasteiger partial charge is 0.459 e. The van der Waals surface area contributed by atoms with E-state index in [0.29, 0.717) is 16.8 Å². The highest BCUT2D eigenvalue weighted by Gasteiger charge is 2.20. The smallest absolute Gasteiger partial charge is 0.342 e. The summed E-state index contributed by atoms with van der Waals surface area (Å²) in [6.07, 6.45) is 4.49. The SMILES string of the molecule is CC(C)OC(=O)c1cncnc1-c1cc(C#N)cc2c1ccn2C. The highest BCUT2D eigenvalue weighted by Crippen LogP contribution is 2.31. The summed E-state index contributed by atoms with van der Waals surface area (Å²) < 4.78 is 7.21. The van der Waals surface area contributed by atoms with E-state index in [0.717, 1.165) is 10.9 Å². The van der Waals surface area contributed by atoms with Gasteiger partial charge in [-0.15, -0.1) is 0 Å². The third kappa shape index (κ3) is 2.72. The average molecular weight is 320 g/mol. The molecule has 6 nitrogen and oxygen atoms in total. The van der Waals surface area contributed by atoms with E-state index in [1.54, 1.807) is 19.9 Å². The molecule has 0 N–H and O–H groups in total. The van der Waals surface area contributed by atoms with Gasteiger partial charge in [0.25, 0.3) is 0 Å². The number of nitrogens with zero attached hydrogens (tertiary/aromatic N) is 4. The normalized spacial score (nSPS) is 10.8. The van der Waals surface area contributed by atoms with Gasteiger partial charge in [0.2, 0.25) is 0 Å². The molecule has 3 rings (SSSR count). The van der Waals surface area contributed by atoms with E-state index < -0.39 is 5.97 Å². The Morgan fingerprint density at radius 1 is 1.38 bits per heavy atom. The summed E-state index contributed by atoms with van der Waals surface area (Å²) in [6.45, 7) is 3.57. The second-order valence-electron chi connectivity index (χ2n) is 5.73. The number of aromatic nitrogens is 3. The van der Waals surface area contributed by atoms with Crippen LogP contribution in [-0.2, 0) is 11.8 Å². The Labute approximate surface area is 139 Å². The molecule has 0 unspecified atom stereocenters. The van der Waals surface area contributed by atoms with Crippen molar-refractivity contribution in [3.63, 3.8) is 0 Å². The minimum absolute atomic E-state index is 0.243. The molecule has 0 amide bonds. The molecule has 2 heterocycles. The summed E-state index contributed by atoms with van der Waals surface area (Å²) in [4.78, 5) is 20.6. The Morgan fingerprint density at radius 2 is 2.17 bits per heavy atom. The molecule has 0 saturated heterocycles. The van der Waals surface area contributed by atoms with Crippen LogP contribution in [0, 0.1) is 11.3 Å². The van der Waals surface area contributed by atoms with Crippen molar-refractivity contribution in [1.82, 2.24) is 14.5 Å². The summed E-state index contributed by atoms with van der Waals surface area (Å²) in [6, 6.07) is 7.63. The quantitative estimate of drug-likeness (QED) is 0.693. The van der Waals surface area contributed by atoms with Crippen molar-refractivity contribution in [3.8, 4) is 17.3 Å². The van der Waals surface area contributed by atoms with Crippen LogP contribution in [0.15, 0.2) is 36.9 Å². The van der Waals surface area contributed by atoms with Crippen molar-refractivity contribution in [2.45, 2.75) is 20.0 Å². The van der Waals surface area contributed by atoms with Crippen LogP contribution in [0.3, 0.4) is 0 Å². The zero-order valence-corrected chi connectivity index (χ0v) is 13.6. The first-order valence-corrected chi connectivity index (χ1v) is 7.51. The van der Waals surface area contributed by atoms with Crippen LogP contribution in [0.5, 0.6) is 0 Å². The number of hydrogen-bond donors (Lipinski definition) is 0. The van der Waals surface area contributed by atoms with Crippen LogP contribution < -0.4 is 0 Å². The van der Waals surface area contributed by atoms with Gasteiger partial charge < -0.3 is 9.30 Å². The minimum Gasteiger partial charge on any atom is -0.459 e. The van der Waals surface area contributed by atoms with Gasteiger partial charge in [-0.05, 0) is 32.0 Å². The average Bonchev–Trinajstić information content (AvgIpc) is 2.94. The van der Waals surface area contributed by atoms with Gasteiger partial charge in [0.15, 0.2) is 0 Å². The topological polar surface area (TPSA) is 80.8 Å². The Bertz CT molecular complexity index is 967. The highest BCUT2D eigenvalue weighted by atomic mass is 16.5. The van der Waals surface area contributed by atoms with E-state index in [1.165, 1.54) is 12.5 Å². The first-order valence-electron chi connectivity index (χ1n) is 7.51. The van der Waals surface area contributed by atoms with Gasteiger partial charge in [-0.2, -0.15) is 5.26 Å². The number of benzene rings is 1. The zero-order valence-electron chi connectivity index (χ0n) is 13.6. The van der Waals surface area contributed by atoms with Gasteiger partial charge in [0, 0.05) is 35.9 Å². The van der Waals surface area contributed by atoms with Crippen molar-refractivity contribution in [2.75, 3.05) is 0 Å². The van der Waals surface area contributed by atoms with E-state index >= 15 is 0 Å². The van der Waals surface area contributed by atoms with Crippen LogP contribution in [0.1, 0.15) is 29.8 Å². The standard InChI is InChI=1S/C18H16N4O2/c1-11(2)24-18(23)15-9-20-10-21-17(15)14-6-12(8-19)7-16-13(14)4-5-22(16)3/h4-7,9-11H,1-3H3. The van der Waals surface area contributed by atoms with Crippen LogP contribution in [-0.4, -0.2) is 26.6 Å². The molecular weight excluding hydrogens is 304 g/mol. The van der Waals surface area contributed by atoms with E-state index in [2.05, 4.69) is 16.0 Å². The van der Waals surface area contributed by atoms with Gasteiger partial charge in [0.05, 0.1) is 23.4 Å². The molecule has 2 aromatic heterocycles. The molecule has 0 aliphatic carbocycles. The molecule has 0 aliphatic heterocycles. The van der Waals surface area contributed by atoms with Crippen molar-refractivity contribution in [2.24, 2.45) is 7.05 Å². The lowest BCUT2D eigenvalue weighted by molar-refractivity contribution is 0.0378. The molecule has 0 radical (unpaired) electrons. The molecule has 0 fully saturated rings. The van der Waals surface area contributed by atoms with Crippen molar-refractivity contribution >= 4 is 16.9 Å². The molecule has 120 valence electrons. The first kappa shape index (κ1) is 15.7. The monoisotopic (exact) mass is 320 g/mol. The fourth-order valence-electron chi connectivity index (χ4n) is 2.60. The lowest BCUT2D eigenvalue weighted by atomic mass is 10.0. The van der Waals surface area contributed by atoms with Gasteiger partial charge in [-0.3, -0.25) is 0 Å². The lowest BCUT2D eigenvalue weighted by Crippen LogP contribution is -2.13. The summed E-state index contributed by atoms with van der Waals surface area (Å²) in [5, 5.41) is 10.2. The molecule has 0 spiro atoms. The zero-order chi connectivity index (χ0) is 17.3. The van der Waals surface area contributed by atoms with Gasteiger partial charge in [-0.25, -0.2) is 14.8 Å². The molecule has 0 aliphatic rings. The number of carbonyl (C=O) groups excluding carboxylic acids is 1. The molecule has 0 saturated carbocycles. The van der Waals surface area contributed by atoms with Crippen LogP contribution >= 0.6 is 0 Å². The first-order chi connectivity index (χ1) is 11.5. The maximum atomic E-state index is 12.4. The minimum atomic E-state index is -0.480. The second-order valence-corrected chi connectivity index (χ2v) is 5.73. The predicted octanol–water partition coefficient (Wildman–Crippen LogP) is 3.07. The number of aryl methyl sites for hydroxylation is 1. The maximum Gasteiger partial charge on any atom is 0.342 e. The van der Waals surface area contributed by atoms with E-state index in [4.69, 9.17) is 4.74 Å². The Balaban J connectivity index is 2.25. The van der Waals surface area contributed by atoms with Crippen LogP contribution in [0.2, 0.25) is 0 Å². The van der Waals surface area contributed by atoms with Crippen molar-refractivity contribution in [1.29, 1.82) is 5.26 Å². The summed E-state index contributed by atoms with van der Waals surface area (Å²) in [5.74, 6) is -0.480. The number of ether oxygens (including phenoxy) is 1. The third-order valence-electron chi connectivity index (χ3n) is 3.66. The van der Waals surface area contributed by atoms with Crippen LogP contribution in [0.25, 0.3) is 22.2 Å². The lowest BCUT2D eigenvalue weighted by Gasteiger charge is -2.12. The van der Waals surface area contributed by atoms with Crippen molar-refractivity contribution < 1.29 is 9.53 Å². The summed E-state index contributed by atoms with van der Waals surface area (Å²) in [5.41, 5.74) is 2.85. The summed E-state index contributed by atoms with van der Waals surface area (Å²) >= 11 is 0. The molecular formula is C18H16N4O2. The van der Waals surface area contributed by atoms with Gasteiger partial charge >= 0.3 is 5.97 Å². The fraction of sp³-hybridized carbons (Fsp3) is 0.222. The van der Waals surface area contributed by atoms with Gasteiger partial charge in [-0.1, -0.05) is 0 Å². The molecule has 24 heavy (non-hydrogen) atoms. The molecule has 1 aromatic carbocycles. The molecule has 3 aromatic rings. The van der Waals surface area contributed by atoms with Crippen LogP contribution in [0.4, 0.5) is 0 Å². The molecule has 6 heteroatoms. The van der Waals surface area contributed by atoms with E-state index in [9.17, 15) is 10.1 Å². The summed E-state index contributed by atoms with van der Waals surface area (Å²) in [7, 11) is 1.90. The molecule has 0 atom stereocenters. The van der Waals surface area contributed by atoms with E-state index in [1.807, 2.05) is 29.9 Å². The second kappa shape index (κ2) is 6.13. The number of fused-ring (bicyclic) bond motifs is 1. The third-order valence-corrected chi connectivity index (χ3v) is 3.66. The number of esters is 1. The Hall–Kier alpha value is -3.20. The fourth-order valence-corrected chi connectivity index (χ4v) is 2.60. The maximum absolute atomic E-state index is 12.4. The highest BCUT2D eigenvalue weighted by molar-refractivity contribution is 6.02. The Morgan fingerprint density at radius 3 is 2.88 bits per heavy atom. The number of rotatable bonds is 3. The van der Waals surface area contributed by atoms with E-state index in [-0.39, 0.29) is 11.7 Å². The predicted molar refractivity (Wildman–Crippen MR) is 89.2 cm³/mol. The van der Waals surface area contributed by atoms with Crippen molar-refractivity contribution in [3.05, 3.63) is 48.0 Å².